The minimum atomic E-state index is -3.33. The van der Waals surface area contributed by atoms with E-state index in [9.17, 15) is 8.42 Å². The molecule has 0 radical (unpaired) electrons. The Kier molecular flexibility index (Phi) is 5.30. The summed E-state index contributed by atoms with van der Waals surface area (Å²) in [5.41, 5.74) is 1.33. The van der Waals surface area contributed by atoms with E-state index in [1.54, 1.807) is 11.4 Å². The summed E-state index contributed by atoms with van der Waals surface area (Å²) in [6.45, 7) is 2.94. The van der Waals surface area contributed by atoms with Crippen molar-refractivity contribution in [3.05, 3.63) is 35.4 Å². The predicted octanol–water partition coefficient (Wildman–Crippen LogP) is 2.76. The molecule has 1 aromatic rings. The molecule has 1 fully saturated rings. The summed E-state index contributed by atoms with van der Waals surface area (Å²) in [6.07, 6.45) is 1.71. The fourth-order valence-corrected chi connectivity index (χ4v) is 4.50. The Balaban J connectivity index is 2.14. The zero-order valence-electron chi connectivity index (χ0n) is 12.5. The second-order valence-corrected chi connectivity index (χ2v) is 8.04. The third-order valence-corrected chi connectivity index (χ3v) is 6.11. The van der Waals surface area contributed by atoms with Crippen LogP contribution < -0.4 is 0 Å². The lowest BCUT2D eigenvalue weighted by molar-refractivity contribution is -0.0319. The number of hydrogen-bond acceptors (Lipinski definition) is 3. The molecular formula is C15H22ClNO3S. The Morgan fingerprint density at radius 1 is 1.38 bits per heavy atom. The maximum absolute atomic E-state index is 12.6. The minimum absolute atomic E-state index is 0.0114. The molecule has 1 saturated heterocycles. The Labute approximate surface area is 132 Å². The summed E-state index contributed by atoms with van der Waals surface area (Å²) in [5.74, 6) is 0.400. The van der Waals surface area contributed by atoms with Gasteiger partial charge in [-0.2, -0.15) is 4.31 Å². The van der Waals surface area contributed by atoms with Crippen LogP contribution in [-0.4, -0.2) is 38.5 Å². The van der Waals surface area contributed by atoms with Gasteiger partial charge in [0.05, 0.1) is 11.4 Å². The number of nitrogens with zero attached hydrogens (tertiary/aromatic N) is 1. The number of methoxy groups -OCH3 is 1. The highest BCUT2D eigenvalue weighted by Crippen LogP contribution is 2.27. The maximum atomic E-state index is 12.6. The van der Waals surface area contributed by atoms with Gasteiger partial charge in [0, 0.05) is 26.1 Å². The predicted molar refractivity (Wildman–Crippen MR) is 84.8 cm³/mol. The van der Waals surface area contributed by atoms with E-state index in [1.807, 2.05) is 31.2 Å². The van der Waals surface area contributed by atoms with Crippen molar-refractivity contribution in [2.24, 2.45) is 0 Å². The van der Waals surface area contributed by atoms with Crippen LogP contribution in [0.15, 0.2) is 24.3 Å². The summed E-state index contributed by atoms with van der Waals surface area (Å²) < 4.78 is 32.2. The summed E-state index contributed by atoms with van der Waals surface area (Å²) in [4.78, 5) is 0. The van der Waals surface area contributed by atoms with Crippen molar-refractivity contribution in [3.63, 3.8) is 0 Å². The van der Waals surface area contributed by atoms with Gasteiger partial charge >= 0.3 is 0 Å². The second-order valence-electron chi connectivity index (χ2n) is 5.80. The van der Waals surface area contributed by atoms with Gasteiger partial charge in [-0.1, -0.05) is 24.3 Å². The third-order valence-electron chi connectivity index (χ3n) is 4.00. The van der Waals surface area contributed by atoms with Crippen molar-refractivity contribution in [1.29, 1.82) is 0 Å². The van der Waals surface area contributed by atoms with E-state index in [0.717, 1.165) is 24.0 Å². The first-order chi connectivity index (χ1) is 9.88. The molecule has 1 heterocycles. The van der Waals surface area contributed by atoms with Gasteiger partial charge in [0.15, 0.2) is 0 Å². The average Bonchev–Trinajstić information content (AvgIpc) is 2.47. The Morgan fingerprint density at radius 2 is 2.10 bits per heavy atom. The molecule has 0 amide bonds. The van der Waals surface area contributed by atoms with E-state index in [4.69, 9.17) is 16.3 Å². The number of alkyl halides is 1. The third kappa shape index (κ3) is 4.19. The minimum Gasteiger partial charge on any atom is -0.377 e. The Bertz CT molecular complexity index is 590. The molecule has 21 heavy (non-hydrogen) atoms. The van der Waals surface area contributed by atoms with Gasteiger partial charge in [-0.15, -0.1) is 11.6 Å². The first-order valence-corrected chi connectivity index (χ1v) is 9.20. The van der Waals surface area contributed by atoms with Gasteiger partial charge in [0.1, 0.15) is 0 Å². The lowest BCUT2D eigenvalue weighted by atomic mass is 9.96. The molecule has 1 aromatic carbocycles. The van der Waals surface area contributed by atoms with Gasteiger partial charge < -0.3 is 4.74 Å². The monoisotopic (exact) mass is 331 g/mol. The van der Waals surface area contributed by atoms with Crippen LogP contribution in [-0.2, 0) is 26.4 Å². The molecule has 1 aliphatic heterocycles. The van der Waals surface area contributed by atoms with Crippen LogP contribution >= 0.6 is 11.6 Å². The molecular weight excluding hydrogens is 310 g/mol. The lowest BCUT2D eigenvalue weighted by Crippen LogP contribution is -2.49. The molecule has 1 atom stereocenters. The van der Waals surface area contributed by atoms with Crippen LogP contribution in [0.5, 0.6) is 0 Å². The van der Waals surface area contributed by atoms with Crippen molar-refractivity contribution in [2.75, 3.05) is 20.2 Å². The molecule has 0 saturated carbocycles. The van der Waals surface area contributed by atoms with Crippen molar-refractivity contribution in [3.8, 4) is 0 Å². The van der Waals surface area contributed by atoms with Gasteiger partial charge in [-0.3, -0.25) is 0 Å². The van der Waals surface area contributed by atoms with Crippen LogP contribution in [0.4, 0.5) is 0 Å². The number of hydrogen-bond donors (Lipinski definition) is 0. The molecule has 2 rings (SSSR count). The van der Waals surface area contributed by atoms with Crippen LogP contribution in [0.3, 0.4) is 0 Å². The first kappa shape index (κ1) is 16.7. The average molecular weight is 332 g/mol. The zero-order valence-corrected chi connectivity index (χ0v) is 14.1. The van der Waals surface area contributed by atoms with Crippen molar-refractivity contribution < 1.29 is 13.2 Å². The number of halogens is 1. The summed E-state index contributed by atoms with van der Waals surface area (Å²) in [7, 11) is -1.69. The summed E-state index contributed by atoms with van der Waals surface area (Å²) in [6, 6.07) is 7.42. The highest BCUT2D eigenvalue weighted by atomic mass is 35.5. The molecule has 6 heteroatoms. The smallest absolute Gasteiger partial charge is 0.218 e. The van der Waals surface area contributed by atoms with Crippen molar-refractivity contribution in [1.82, 2.24) is 4.31 Å². The molecule has 4 nitrogen and oxygen atoms in total. The van der Waals surface area contributed by atoms with E-state index in [-0.39, 0.29) is 11.4 Å². The standard InChI is InChI=1S/C15H22ClNO3S/c1-15(20-2)7-4-8-17(12-15)21(18,19)11-14-6-3-5-13(9-14)10-16/h3,5-6,9H,4,7-8,10-12H2,1-2H3. The van der Waals surface area contributed by atoms with Gasteiger partial charge in [-0.05, 0) is 30.9 Å². The zero-order chi connectivity index (χ0) is 15.5. The van der Waals surface area contributed by atoms with Gasteiger partial charge in [0.2, 0.25) is 10.0 Å². The fourth-order valence-electron chi connectivity index (χ4n) is 2.67. The van der Waals surface area contributed by atoms with E-state index < -0.39 is 10.0 Å². The number of benzene rings is 1. The van der Waals surface area contributed by atoms with Gasteiger partial charge in [0.25, 0.3) is 0 Å². The summed E-state index contributed by atoms with van der Waals surface area (Å²) in [5, 5.41) is 0. The fraction of sp³-hybridized carbons (Fsp3) is 0.600. The molecule has 0 spiro atoms. The molecule has 1 unspecified atom stereocenters. The highest BCUT2D eigenvalue weighted by molar-refractivity contribution is 7.88. The molecule has 0 bridgehead atoms. The normalized spacial score (nSPS) is 24.1. The van der Waals surface area contributed by atoms with Crippen LogP contribution in [0.25, 0.3) is 0 Å². The van der Waals surface area contributed by atoms with E-state index >= 15 is 0 Å². The van der Waals surface area contributed by atoms with E-state index in [0.29, 0.717) is 19.0 Å². The van der Waals surface area contributed by atoms with E-state index in [2.05, 4.69) is 0 Å². The molecule has 0 aliphatic carbocycles. The maximum Gasteiger partial charge on any atom is 0.218 e. The Morgan fingerprint density at radius 3 is 2.76 bits per heavy atom. The van der Waals surface area contributed by atoms with Crippen molar-refractivity contribution in [2.45, 2.75) is 37.0 Å². The van der Waals surface area contributed by atoms with Crippen LogP contribution in [0.1, 0.15) is 30.9 Å². The number of rotatable bonds is 5. The number of piperidine rings is 1. The first-order valence-electron chi connectivity index (χ1n) is 7.05. The molecule has 118 valence electrons. The van der Waals surface area contributed by atoms with Crippen molar-refractivity contribution >= 4 is 21.6 Å². The second kappa shape index (κ2) is 6.65. The summed E-state index contributed by atoms with van der Waals surface area (Å²) >= 11 is 5.80. The molecule has 0 N–H and O–H groups in total. The highest BCUT2D eigenvalue weighted by Gasteiger charge is 2.36. The van der Waals surface area contributed by atoms with Gasteiger partial charge in [-0.25, -0.2) is 8.42 Å². The lowest BCUT2D eigenvalue weighted by Gasteiger charge is -2.38. The topological polar surface area (TPSA) is 46.6 Å². The largest absolute Gasteiger partial charge is 0.377 e. The molecule has 0 aromatic heterocycles. The number of sulfonamides is 1. The van der Waals surface area contributed by atoms with Crippen LogP contribution in [0.2, 0.25) is 0 Å². The molecule has 1 aliphatic rings. The SMILES string of the molecule is COC1(C)CCCN(S(=O)(=O)Cc2cccc(CCl)c2)C1. The Hall–Kier alpha value is -0.620. The number of ether oxygens (including phenoxy) is 1. The van der Waals surface area contributed by atoms with Crippen LogP contribution in [0, 0.1) is 0 Å². The van der Waals surface area contributed by atoms with E-state index in [1.165, 1.54) is 0 Å². The quantitative estimate of drug-likeness (QED) is 0.779.